The van der Waals surface area contributed by atoms with Gasteiger partial charge in [-0.15, -0.1) is 13.2 Å². The number of nitrogens with zero attached hydrogens (tertiary/aromatic N) is 4. The number of hydrogen-bond donors (Lipinski definition) is 0. The SMILES string of the molecule is CCCCOC1CC(n2c(=O)c3c(nc(Oc4cccc(OC(F)(F)F)c4)n3Cc3ccc(Cl)cc3)n(C)c2=O)C1. The second-order valence-corrected chi connectivity index (χ2v) is 10.3. The summed E-state index contributed by atoms with van der Waals surface area (Å²) in [5.74, 6) is -0.485. The molecule has 0 N–H and O–H groups in total. The lowest BCUT2D eigenvalue weighted by molar-refractivity contribution is -0.274. The van der Waals surface area contributed by atoms with E-state index in [0.717, 1.165) is 30.5 Å². The minimum Gasteiger partial charge on any atom is -0.425 e. The van der Waals surface area contributed by atoms with Crippen molar-refractivity contribution in [3.05, 3.63) is 80.0 Å². The monoisotopic (exact) mass is 592 g/mol. The molecule has 2 aromatic heterocycles. The Balaban J connectivity index is 1.56. The maximum Gasteiger partial charge on any atom is 0.573 e. The highest BCUT2D eigenvalue weighted by molar-refractivity contribution is 6.30. The summed E-state index contributed by atoms with van der Waals surface area (Å²) in [6.07, 6.45) is -1.90. The molecule has 2 aromatic carbocycles. The van der Waals surface area contributed by atoms with Crippen LogP contribution in [0, 0.1) is 0 Å². The van der Waals surface area contributed by atoms with Crippen molar-refractivity contribution in [2.24, 2.45) is 7.05 Å². The largest absolute Gasteiger partial charge is 0.573 e. The van der Waals surface area contributed by atoms with Crippen LogP contribution in [0.2, 0.25) is 5.02 Å². The Morgan fingerprint density at radius 2 is 1.78 bits per heavy atom. The van der Waals surface area contributed by atoms with Gasteiger partial charge in [-0.25, -0.2) is 4.79 Å². The summed E-state index contributed by atoms with van der Waals surface area (Å²) in [5, 5.41) is 0.521. The molecule has 1 fully saturated rings. The maximum absolute atomic E-state index is 13.9. The maximum atomic E-state index is 13.9. The zero-order valence-corrected chi connectivity index (χ0v) is 23.1. The van der Waals surface area contributed by atoms with E-state index < -0.39 is 23.4 Å². The van der Waals surface area contributed by atoms with Crippen molar-refractivity contribution in [2.75, 3.05) is 6.61 Å². The summed E-state index contributed by atoms with van der Waals surface area (Å²) in [5.41, 5.74) is -0.109. The number of halogens is 4. The minimum atomic E-state index is -4.88. The summed E-state index contributed by atoms with van der Waals surface area (Å²) < 4.78 is 58.1. The van der Waals surface area contributed by atoms with E-state index in [2.05, 4.69) is 16.6 Å². The molecule has 0 radical (unpaired) electrons. The van der Waals surface area contributed by atoms with Crippen molar-refractivity contribution < 1.29 is 27.4 Å². The van der Waals surface area contributed by atoms with Gasteiger partial charge in [-0.05, 0) is 49.1 Å². The van der Waals surface area contributed by atoms with Crippen molar-refractivity contribution in [1.29, 1.82) is 0 Å². The molecule has 4 aromatic rings. The van der Waals surface area contributed by atoms with E-state index in [4.69, 9.17) is 21.1 Å². The number of alkyl halides is 3. The van der Waals surface area contributed by atoms with Gasteiger partial charge < -0.3 is 14.2 Å². The molecule has 5 rings (SSSR count). The first kappa shape index (κ1) is 28.7. The van der Waals surface area contributed by atoms with Crippen LogP contribution >= 0.6 is 11.6 Å². The highest BCUT2D eigenvalue weighted by Gasteiger charge is 2.35. The van der Waals surface area contributed by atoms with Gasteiger partial charge in [0.05, 0.1) is 12.6 Å². The normalized spacial score (nSPS) is 17.0. The Hall–Kier alpha value is -3.77. The Kier molecular flexibility index (Phi) is 8.14. The summed E-state index contributed by atoms with van der Waals surface area (Å²) in [4.78, 5) is 31.6. The highest BCUT2D eigenvalue weighted by Crippen LogP contribution is 2.34. The fraction of sp³-hybridized carbons (Fsp3) is 0.393. The Morgan fingerprint density at radius 3 is 2.46 bits per heavy atom. The predicted molar refractivity (Wildman–Crippen MR) is 146 cm³/mol. The summed E-state index contributed by atoms with van der Waals surface area (Å²) >= 11 is 6.04. The lowest BCUT2D eigenvalue weighted by Gasteiger charge is -2.35. The molecule has 1 aliphatic carbocycles. The van der Waals surface area contributed by atoms with Crippen molar-refractivity contribution in [3.63, 3.8) is 0 Å². The summed E-state index contributed by atoms with van der Waals surface area (Å²) in [6.45, 7) is 2.82. The van der Waals surface area contributed by atoms with Gasteiger partial charge in [0.15, 0.2) is 11.2 Å². The number of benzene rings is 2. The molecular weight excluding hydrogens is 565 g/mol. The molecule has 9 nitrogen and oxygen atoms in total. The highest BCUT2D eigenvalue weighted by atomic mass is 35.5. The number of rotatable bonds is 10. The third-order valence-electron chi connectivity index (χ3n) is 6.93. The zero-order chi connectivity index (χ0) is 29.3. The van der Waals surface area contributed by atoms with E-state index in [1.807, 2.05) is 0 Å². The number of aromatic nitrogens is 4. The lowest BCUT2D eigenvalue weighted by atomic mass is 9.89. The zero-order valence-electron chi connectivity index (χ0n) is 22.4. The van der Waals surface area contributed by atoms with Crippen LogP contribution in [0.3, 0.4) is 0 Å². The van der Waals surface area contributed by atoms with Crippen molar-refractivity contribution >= 4 is 22.8 Å². The third kappa shape index (κ3) is 6.28. The van der Waals surface area contributed by atoms with Gasteiger partial charge in [-0.3, -0.25) is 18.5 Å². The average molecular weight is 593 g/mol. The number of unbranched alkanes of at least 4 members (excludes halogenated alkanes) is 1. The first-order chi connectivity index (χ1) is 19.5. The van der Waals surface area contributed by atoms with E-state index in [9.17, 15) is 22.8 Å². The number of ether oxygens (including phenoxy) is 3. The molecule has 0 amide bonds. The smallest absolute Gasteiger partial charge is 0.425 e. The summed E-state index contributed by atoms with van der Waals surface area (Å²) in [6, 6.07) is 11.4. The number of aryl methyl sites for hydroxylation is 1. The van der Waals surface area contributed by atoms with Gasteiger partial charge in [-0.2, -0.15) is 4.98 Å². The molecular formula is C28H28ClF3N4O5. The van der Waals surface area contributed by atoms with E-state index in [-0.39, 0.29) is 41.6 Å². The molecule has 13 heteroatoms. The Labute approximate surface area is 237 Å². The van der Waals surface area contributed by atoms with E-state index >= 15 is 0 Å². The van der Waals surface area contributed by atoms with Crippen LogP contribution in [0.25, 0.3) is 11.2 Å². The molecule has 0 unspecified atom stereocenters. The van der Waals surface area contributed by atoms with E-state index in [1.165, 1.54) is 32.9 Å². The molecule has 2 heterocycles. The number of hydrogen-bond acceptors (Lipinski definition) is 6. The molecule has 218 valence electrons. The van der Waals surface area contributed by atoms with Gasteiger partial charge in [0.2, 0.25) is 0 Å². The predicted octanol–water partition coefficient (Wildman–Crippen LogP) is 5.81. The first-order valence-corrected chi connectivity index (χ1v) is 13.5. The van der Waals surface area contributed by atoms with Gasteiger partial charge in [0, 0.05) is 30.8 Å². The van der Waals surface area contributed by atoms with Crippen molar-refractivity contribution in [3.8, 4) is 17.5 Å². The molecule has 1 saturated carbocycles. The van der Waals surface area contributed by atoms with Gasteiger partial charge in [-0.1, -0.05) is 43.1 Å². The fourth-order valence-corrected chi connectivity index (χ4v) is 4.88. The summed E-state index contributed by atoms with van der Waals surface area (Å²) in [7, 11) is 1.51. The van der Waals surface area contributed by atoms with E-state index in [1.54, 1.807) is 24.3 Å². The molecule has 1 aliphatic rings. The molecule has 0 bridgehead atoms. The standard InChI is InChI=1S/C28H28ClF3N4O5/c1-3-4-12-39-22-13-19(14-22)36-25(37)23-24(34(2)27(36)38)33-26(35(23)16-17-8-10-18(29)11-9-17)40-20-6-5-7-21(15-20)41-28(30,31)32/h5-11,15,19,22H,3-4,12-14,16H2,1-2H3. The molecule has 0 spiro atoms. The molecule has 41 heavy (non-hydrogen) atoms. The van der Waals surface area contributed by atoms with Gasteiger partial charge >= 0.3 is 18.1 Å². The van der Waals surface area contributed by atoms with Crippen molar-refractivity contribution in [2.45, 2.75) is 57.7 Å². The topological polar surface area (TPSA) is 89.5 Å². The second kappa shape index (κ2) is 11.6. The van der Waals surface area contributed by atoms with Crippen molar-refractivity contribution in [1.82, 2.24) is 18.7 Å². The number of imidazole rings is 1. The average Bonchev–Trinajstić information content (AvgIpc) is 3.24. The molecule has 0 aliphatic heterocycles. The van der Waals surface area contributed by atoms with Gasteiger partial charge in [0.1, 0.15) is 11.5 Å². The van der Waals surface area contributed by atoms with Crippen LogP contribution in [0.5, 0.6) is 17.5 Å². The third-order valence-corrected chi connectivity index (χ3v) is 7.19. The lowest BCUT2D eigenvalue weighted by Crippen LogP contribution is -2.47. The fourth-order valence-electron chi connectivity index (χ4n) is 4.76. The van der Waals surface area contributed by atoms with Crippen LogP contribution in [-0.2, 0) is 18.3 Å². The Bertz CT molecular complexity index is 1660. The van der Waals surface area contributed by atoms with Crippen LogP contribution in [0.1, 0.15) is 44.2 Å². The van der Waals surface area contributed by atoms with Gasteiger partial charge in [0.25, 0.3) is 5.56 Å². The quantitative estimate of drug-likeness (QED) is 0.216. The second-order valence-electron chi connectivity index (χ2n) is 9.89. The van der Waals surface area contributed by atoms with Crippen LogP contribution in [-0.4, -0.2) is 37.8 Å². The molecule has 0 saturated heterocycles. The number of fused-ring (bicyclic) bond motifs is 1. The molecule has 0 atom stereocenters. The minimum absolute atomic E-state index is 0.00389. The first-order valence-electron chi connectivity index (χ1n) is 13.2. The van der Waals surface area contributed by atoms with E-state index in [0.29, 0.717) is 24.5 Å². The Morgan fingerprint density at radius 1 is 1.07 bits per heavy atom. The van der Waals surface area contributed by atoms with Crippen LogP contribution in [0.15, 0.2) is 58.1 Å². The van der Waals surface area contributed by atoms with Crippen LogP contribution < -0.4 is 20.7 Å². The van der Waals surface area contributed by atoms with Crippen LogP contribution in [0.4, 0.5) is 13.2 Å².